The van der Waals surface area contributed by atoms with E-state index in [-0.39, 0.29) is 24.5 Å². The van der Waals surface area contributed by atoms with Crippen molar-refractivity contribution in [3.05, 3.63) is 29.8 Å². The molecular weight excluding hydrogens is 258 g/mol. The zero-order valence-corrected chi connectivity index (χ0v) is 12.1. The molecule has 2 N–H and O–H groups in total. The smallest absolute Gasteiger partial charge is 0.341 e. The number of carboxylic acid groups (broad SMARTS) is 1. The third-order valence-corrected chi connectivity index (χ3v) is 3.16. The van der Waals surface area contributed by atoms with Crippen LogP contribution in [-0.2, 0) is 9.59 Å². The number of nitrogens with one attached hydrogen (secondary N) is 1. The molecule has 0 saturated heterocycles. The first kappa shape index (κ1) is 16.0. The summed E-state index contributed by atoms with van der Waals surface area (Å²) in [7, 11) is 0. The van der Waals surface area contributed by atoms with E-state index in [1.54, 1.807) is 12.1 Å². The van der Waals surface area contributed by atoms with Crippen LogP contribution in [-0.4, -0.2) is 23.6 Å². The number of carboxylic acids is 1. The standard InChI is InChI=1S/C15H21NO4/c1-4-10(2)15(19)16-11(3)12-5-7-13(8-6-12)20-9-14(17)18/h5-8,10-11H,4,9H2,1-3H3,(H,16,19)(H,17,18). The summed E-state index contributed by atoms with van der Waals surface area (Å²) in [5, 5.41) is 11.5. The van der Waals surface area contributed by atoms with Crippen molar-refractivity contribution in [1.29, 1.82) is 0 Å². The maximum Gasteiger partial charge on any atom is 0.341 e. The van der Waals surface area contributed by atoms with E-state index in [1.807, 2.05) is 32.9 Å². The van der Waals surface area contributed by atoms with Crippen LogP contribution in [0.2, 0.25) is 0 Å². The molecule has 0 spiro atoms. The Labute approximate surface area is 118 Å². The lowest BCUT2D eigenvalue weighted by molar-refractivity contribution is -0.139. The second-order valence-corrected chi connectivity index (χ2v) is 4.79. The SMILES string of the molecule is CCC(C)C(=O)NC(C)c1ccc(OCC(=O)O)cc1. The fourth-order valence-corrected chi connectivity index (χ4v) is 1.62. The van der Waals surface area contributed by atoms with Gasteiger partial charge in [0.25, 0.3) is 0 Å². The minimum Gasteiger partial charge on any atom is -0.482 e. The van der Waals surface area contributed by atoms with Gasteiger partial charge in [-0.3, -0.25) is 4.79 Å². The van der Waals surface area contributed by atoms with E-state index in [0.29, 0.717) is 5.75 Å². The van der Waals surface area contributed by atoms with E-state index in [2.05, 4.69) is 5.32 Å². The fraction of sp³-hybridized carbons (Fsp3) is 0.467. The average molecular weight is 279 g/mol. The molecule has 0 bridgehead atoms. The van der Waals surface area contributed by atoms with Crippen molar-refractivity contribution >= 4 is 11.9 Å². The Morgan fingerprint density at radius 2 is 1.85 bits per heavy atom. The van der Waals surface area contributed by atoms with E-state index in [1.165, 1.54) is 0 Å². The molecule has 0 radical (unpaired) electrons. The number of carbonyl (C=O) groups is 2. The van der Waals surface area contributed by atoms with Crippen molar-refractivity contribution in [3.63, 3.8) is 0 Å². The summed E-state index contributed by atoms with van der Waals surface area (Å²) in [4.78, 5) is 22.2. The molecule has 1 aromatic rings. The van der Waals surface area contributed by atoms with Crippen LogP contribution in [0.25, 0.3) is 0 Å². The Morgan fingerprint density at radius 3 is 2.35 bits per heavy atom. The van der Waals surface area contributed by atoms with Crippen molar-refractivity contribution in [2.45, 2.75) is 33.2 Å². The van der Waals surface area contributed by atoms with E-state index < -0.39 is 5.97 Å². The molecular formula is C15H21NO4. The number of ether oxygens (including phenoxy) is 1. The summed E-state index contributed by atoms with van der Waals surface area (Å²) < 4.78 is 5.05. The highest BCUT2D eigenvalue weighted by molar-refractivity contribution is 5.78. The van der Waals surface area contributed by atoms with Crippen LogP contribution >= 0.6 is 0 Å². The molecule has 0 heterocycles. The zero-order chi connectivity index (χ0) is 15.1. The molecule has 110 valence electrons. The Kier molecular flexibility index (Phi) is 6.03. The van der Waals surface area contributed by atoms with Crippen LogP contribution in [0.15, 0.2) is 24.3 Å². The molecule has 0 aliphatic rings. The molecule has 1 amide bonds. The molecule has 20 heavy (non-hydrogen) atoms. The predicted molar refractivity (Wildman–Crippen MR) is 75.6 cm³/mol. The summed E-state index contributed by atoms with van der Waals surface area (Å²) in [6.45, 7) is 5.42. The van der Waals surface area contributed by atoms with Crippen molar-refractivity contribution in [2.24, 2.45) is 5.92 Å². The number of amides is 1. The monoisotopic (exact) mass is 279 g/mol. The average Bonchev–Trinajstić information content (AvgIpc) is 2.44. The highest BCUT2D eigenvalue weighted by atomic mass is 16.5. The van der Waals surface area contributed by atoms with Gasteiger partial charge in [-0.25, -0.2) is 4.79 Å². The third kappa shape index (κ3) is 4.91. The molecule has 0 aromatic heterocycles. The van der Waals surface area contributed by atoms with E-state index in [4.69, 9.17) is 9.84 Å². The topological polar surface area (TPSA) is 75.6 Å². The van der Waals surface area contributed by atoms with Crippen LogP contribution in [0.1, 0.15) is 38.8 Å². The van der Waals surface area contributed by atoms with Gasteiger partial charge in [0.05, 0.1) is 6.04 Å². The fourth-order valence-electron chi connectivity index (χ4n) is 1.62. The minimum absolute atomic E-state index is 0.00405. The molecule has 0 fully saturated rings. The summed E-state index contributed by atoms with van der Waals surface area (Å²) in [6.07, 6.45) is 0.806. The van der Waals surface area contributed by atoms with Gasteiger partial charge < -0.3 is 15.2 Å². The van der Waals surface area contributed by atoms with Crippen LogP contribution in [0.3, 0.4) is 0 Å². The lowest BCUT2D eigenvalue weighted by Crippen LogP contribution is -2.31. The Balaban J connectivity index is 2.59. The lowest BCUT2D eigenvalue weighted by atomic mass is 10.1. The highest BCUT2D eigenvalue weighted by Crippen LogP contribution is 2.18. The first-order valence-electron chi connectivity index (χ1n) is 6.69. The summed E-state index contributed by atoms with van der Waals surface area (Å²) in [5.41, 5.74) is 0.948. The van der Waals surface area contributed by atoms with Gasteiger partial charge in [0.1, 0.15) is 5.75 Å². The van der Waals surface area contributed by atoms with Gasteiger partial charge in [0, 0.05) is 5.92 Å². The van der Waals surface area contributed by atoms with Crippen molar-refractivity contribution < 1.29 is 19.4 Å². The quantitative estimate of drug-likeness (QED) is 0.803. The van der Waals surface area contributed by atoms with Gasteiger partial charge in [-0.05, 0) is 31.0 Å². The molecule has 1 rings (SSSR count). The molecule has 0 aliphatic carbocycles. The van der Waals surface area contributed by atoms with Gasteiger partial charge in [-0.1, -0.05) is 26.0 Å². The van der Waals surface area contributed by atoms with Crippen LogP contribution in [0.4, 0.5) is 0 Å². The van der Waals surface area contributed by atoms with Crippen LogP contribution < -0.4 is 10.1 Å². The second kappa shape index (κ2) is 7.53. The number of rotatable bonds is 7. The van der Waals surface area contributed by atoms with E-state index in [0.717, 1.165) is 12.0 Å². The maximum atomic E-state index is 11.8. The summed E-state index contributed by atoms with van der Waals surface area (Å²) >= 11 is 0. The summed E-state index contributed by atoms with van der Waals surface area (Å²) in [6, 6.07) is 6.94. The normalized spacial score (nSPS) is 13.3. The number of benzene rings is 1. The third-order valence-electron chi connectivity index (χ3n) is 3.16. The largest absolute Gasteiger partial charge is 0.482 e. The molecule has 1 aromatic carbocycles. The number of aliphatic carboxylic acids is 1. The van der Waals surface area contributed by atoms with E-state index >= 15 is 0 Å². The second-order valence-electron chi connectivity index (χ2n) is 4.79. The van der Waals surface area contributed by atoms with Gasteiger partial charge in [-0.15, -0.1) is 0 Å². The molecule has 2 atom stereocenters. The Morgan fingerprint density at radius 1 is 1.25 bits per heavy atom. The van der Waals surface area contributed by atoms with Crippen molar-refractivity contribution in [1.82, 2.24) is 5.32 Å². The summed E-state index contributed by atoms with van der Waals surface area (Å²) in [5.74, 6) is -0.485. The van der Waals surface area contributed by atoms with E-state index in [9.17, 15) is 9.59 Å². The number of carbonyl (C=O) groups excluding carboxylic acids is 1. The minimum atomic E-state index is -1.01. The number of hydrogen-bond acceptors (Lipinski definition) is 3. The van der Waals surface area contributed by atoms with Crippen molar-refractivity contribution in [3.8, 4) is 5.75 Å². The van der Waals surface area contributed by atoms with Crippen LogP contribution in [0.5, 0.6) is 5.75 Å². The van der Waals surface area contributed by atoms with Gasteiger partial charge in [-0.2, -0.15) is 0 Å². The van der Waals surface area contributed by atoms with Gasteiger partial charge in [0.2, 0.25) is 5.91 Å². The van der Waals surface area contributed by atoms with Crippen LogP contribution in [0, 0.1) is 5.92 Å². The molecule has 5 nitrogen and oxygen atoms in total. The Hall–Kier alpha value is -2.04. The molecule has 0 saturated carbocycles. The Bertz CT molecular complexity index is 455. The first-order valence-corrected chi connectivity index (χ1v) is 6.69. The first-order chi connectivity index (χ1) is 9.43. The highest BCUT2D eigenvalue weighted by Gasteiger charge is 2.14. The zero-order valence-electron chi connectivity index (χ0n) is 12.1. The van der Waals surface area contributed by atoms with Crippen molar-refractivity contribution in [2.75, 3.05) is 6.61 Å². The molecule has 0 aliphatic heterocycles. The maximum absolute atomic E-state index is 11.8. The molecule has 5 heteroatoms. The molecule has 2 unspecified atom stereocenters. The lowest BCUT2D eigenvalue weighted by Gasteiger charge is -2.17. The van der Waals surface area contributed by atoms with Gasteiger partial charge in [0.15, 0.2) is 6.61 Å². The number of hydrogen-bond donors (Lipinski definition) is 2. The predicted octanol–water partition coefficient (Wildman–Crippen LogP) is 2.37. The van der Waals surface area contributed by atoms with Gasteiger partial charge >= 0.3 is 5.97 Å².